The lowest BCUT2D eigenvalue weighted by Gasteiger charge is -2.31. The van der Waals surface area contributed by atoms with Gasteiger partial charge in [0.05, 0.1) is 12.3 Å². The Morgan fingerprint density at radius 3 is 3.06 bits per heavy atom. The van der Waals surface area contributed by atoms with Crippen LogP contribution in [0.15, 0.2) is 22.8 Å². The molecule has 1 fully saturated rings. The van der Waals surface area contributed by atoms with E-state index < -0.39 is 0 Å². The van der Waals surface area contributed by atoms with Crippen molar-refractivity contribution in [2.24, 2.45) is 5.92 Å². The molecule has 3 nitrogen and oxygen atoms in total. The predicted octanol–water partition coefficient (Wildman–Crippen LogP) is 2.88. The lowest BCUT2D eigenvalue weighted by Crippen LogP contribution is -2.39. The molecule has 0 aromatic carbocycles. The Morgan fingerprint density at radius 1 is 1.41 bits per heavy atom. The smallest absolute Gasteiger partial charge is 0.104 e. The highest BCUT2D eigenvalue weighted by atomic mass is 16.3. The van der Waals surface area contributed by atoms with E-state index in [2.05, 4.69) is 17.5 Å². The molecule has 17 heavy (non-hydrogen) atoms. The summed E-state index contributed by atoms with van der Waals surface area (Å²) in [6.45, 7) is 0.815. The minimum atomic E-state index is 0.558. The number of rotatable bonds is 5. The van der Waals surface area contributed by atoms with E-state index in [-0.39, 0.29) is 0 Å². The van der Waals surface area contributed by atoms with Crippen molar-refractivity contribution in [2.45, 2.75) is 44.6 Å². The molecule has 2 rings (SSSR count). The molecule has 1 N–H and O–H groups in total. The zero-order valence-corrected chi connectivity index (χ0v) is 10.2. The van der Waals surface area contributed by atoms with Crippen molar-refractivity contribution < 1.29 is 4.42 Å². The average molecular weight is 232 g/mol. The van der Waals surface area contributed by atoms with Crippen LogP contribution in [0.5, 0.6) is 0 Å². The van der Waals surface area contributed by atoms with E-state index in [1.54, 1.807) is 6.26 Å². The first-order chi connectivity index (χ1) is 8.40. The second-order valence-electron chi connectivity index (χ2n) is 4.80. The van der Waals surface area contributed by atoms with E-state index in [1.807, 2.05) is 6.07 Å². The normalized spacial score (nSPS) is 24.4. The Bertz CT molecular complexity index is 353. The summed E-state index contributed by atoms with van der Waals surface area (Å²) in [4.78, 5) is 0. The number of furan rings is 1. The van der Waals surface area contributed by atoms with Crippen molar-refractivity contribution >= 4 is 0 Å². The van der Waals surface area contributed by atoms with Gasteiger partial charge in [-0.15, -0.1) is 0 Å². The first-order valence-electron chi connectivity index (χ1n) is 6.53. The van der Waals surface area contributed by atoms with E-state index in [9.17, 15) is 0 Å². The molecule has 0 radical (unpaired) electrons. The third-order valence-corrected chi connectivity index (χ3v) is 3.60. The molecule has 1 aromatic rings. The molecule has 1 aliphatic carbocycles. The van der Waals surface area contributed by atoms with Gasteiger partial charge in [0.15, 0.2) is 0 Å². The zero-order chi connectivity index (χ0) is 11.9. The van der Waals surface area contributed by atoms with Crippen LogP contribution in [0, 0.1) is 17.2 Å². The van der Waals surface area contributed by atoms with Gasteiger partial charge >= 0.3 is 0 Å². The van der Waals surface area contributed by atoms with E-state index in [0.29, 0.717) is 18.4 Å². The van der Waals surface area contributed by atoms with Crippen LogP contribution in [0.3, 0.4) is 0 Å². The Morgan fingerprint density at radius 2 is 2.29 bits per heavy atom. The summed E-state index contributed by atoms with van der Waals surface area (Å²) in [5.41, 5.74) is 0. The summed E-state index contributed by atoms with van der Waals surface area (Å²) < 4.78 is 5.43. The Kier molecular flexibility index (Phi) is 4.63. The first kappa shape index (κ1) is 12.2. The van der Waals surface area contributed by atoms with Crippen LogP contribution >= 0.6 is 0 Å². The van der Waals surface area contributed by atoms with Crippen LogP contribution in [0.4, 0.5) is 0 Å². The van der Waals surface area contributed by atoms with Crippen molar-refractivity contribution in [3.05, 3.63) is 24.2 Å². The van der Waals surface area contributed by atoms with Gasteiger partial charge in [0, 0.05) is 25.4 Å². The minimum absolute atomic E-state index is 0.558. The number of hydrogen-bond donors (Lipinski definition) is 1. The van der Waals surface area contributed by atoms with Gasteiger partial charge in [0.2, 0.25) is 0 Å². The summed E-state index contributed by atoms with van der Waals surface area (Å²) in [7, 11) is 0. The Labute approximate surface area is 103 Å². The van der Waals surface area contributed by atoms with Gasteiger partial charge < -0.3 is 9.73 Å². The average Bonchev–Trinajstić information content (AvgIpc) is 2.84. The molecule has 0 amide bonds. The molecule has 2 unspecified atom stereocenters. The SMILES string of the molecule is N#CCCNC1CCCCC1Cc1ccco1. The lowest BCUT2D eigenvalue weighted by atomic mass is 9.82. The molecule has 1 saturated carbocycles. The Hall–Kier alpha value is -1.27. The van der Waals surface area contributed by atoms with Crippen molar-refractivity contribution in [3.63, 3.8) is 0 Å². The van der Waals surface area contributed by atoms with Crippen LogP contribution < -0.4 is 5.32 Å². The molecule has 1 heterocycles. The van der Waals surface area contributed by atoms with Crippen LogP contribution in [0.25, 0.3) is 0 Å². The van der Waals surface area contributed by atoms with Gasteiger partial charge in [-0.25, -0.2) is 0 Å². The summed E-state index contributed by atoms with van der Waals surface area (Å²) >= 11 is 0. The van der Waals surface area contributed by atoms with E-state index in [4.69, 9.17) is 9.68 Å². The monoisotopic (exact) mass is 232 g/mol. The Balaban J connectivity index is 1.86. The largest absolute Gasteiger partial charge is 0.469 e. The summed E-state index contributed by atoms with van der Waals surface area (Å²) in [5.74, 6) is 1.75. The fourth-order valence-corrected chi connectivity index (χ4v) is 2.72. The van der Waals surface area contributed by atoms with E-state index in [1.165, 1.54) is 25.7 Å². The summed E-state index contributed by atoms with van der Waals surface area (Å²) in [5, 5.41) is 12.1. The highest BCUT2D eigenvalue weighted by molar-refractivity contribution is 5.01. The van der Waals surface area contributed by atoms with E-state index >= 15 is 0 Å². The first-order valence-corrected chi connectivity index (χ1v) is 6.53. The maximum absolute atomic E-state index is 8.56. The van der Waals surface area contributed by atoms with Crippen LogP contribution in [0.1, 0.15) is 37.9 Å². The number of hydrogen-bond acceptors (Lipinski definition) is 3. The molecule has 92 valence electrons. The molecule has 1 aromatic heterocycles. The fraction of sp³-hybridized carbons (Fsp3) is 0.643. The molecule has 0 aliphatic heterocycles. The molecule has 0 bridgehead atoms. The highest BCUT2D eigenvalue weighted by Gasteiger charge is 2.25. The van der Waals surface area contributed by atoms with E-state index in [0.717, 1.165) is 18.7 Å². The minimum Gasteiger partial charge on any atom is -0.469 e. The lowest BCUT2D eigenvalue weighted by molar-refractivity contribution is 0.251. The van der Waals surface area contributed by atoms with Gasteiger partial charge in [-0.2, -0.15) is 5.26 Å². The predicted molar refractivity (Wildman–Crippen MR) is 66.4 cm³/mol. The van der Waals surface area contributed by atoms with Crippen molar-refractivity contribution in [2.75, 3.05) is 6.54 Å². The maximum Gasteiger partial charge on any atom is 0.104 e. The molecule has 0 spiro atoms. The zero-order valence-electron chi connectivity index (χ0n) is 10.2. The quantitative estimate of drug-likeness (QED) is 0.794. The summed E-state index contributed by atoms with van der Waals surface area (Å²) in [6, 6.07) is 6.76. The second kappa shape index (κ2) is 6.46. The molecular weight excluding hydrogens is 212 g/mol. The summed E-state index contributed by atoms with van der Waals surface area (Å²) in [6.07, 6.45) is 8.50. The van der Waals surface area contributed by atoms with Crippen LogP contribution in [-0.4, -0.2) is 12.6 Å². The molecule has 2 atom stereocenters. The van der Waals surface area contributed by atoms with Gasteiger partial charge in [-0.05, 0) is 30.9 Å². The second-order valence-corrected chi connectivity index (χ2v) is 4.80. The van der Waals surface area contributed by atoms with Crippen molar-refractivity contribution in [3.8, 4) is 6.07 Å². The topological polar surface area (TPSA) is 49.0 Å². The molecular formula is C14H20N2O. The van der Waals surface area contributed by atoms with Crippen molar-refractivity contribution in [1.82, 2.24) is 5.32 Å². The standard InChI is InChI=1S/C14H20N2O/c15-8-4-9-16-14-7-2-1-5-12(14)11-13-6-3-10-17-13/h3,6,10,12,14,16H,1-2,4-5,7,9,11H2. The molecule has 1 aliphatic rings. The van der Waals surface area contributed by atoms with Crippen LogP contribution in [-0.2, 0) is 6.42 Å². The number of nitrogens with one attached hydrogen (secondary N) is 1. The van der Waals surface area contributed by atoms with Gasteiger partial charge in [0.25, 0.3) is 0 Å². The third-order valence-electron chi connectivity index (χ3n) is 3.60. The van der Waals surface area contributed by atoms with Crippen molar-refractivity contribution in [1.29, 1.82) is 5.26 Å². The maximum atomic E-state index is 8.56. The third kappa shape index (κ3) is 3.61. The van der Waals surface area contributed by atoms with Crippen LogP contribution in [0.2, 0.25) is 0 Å². The fourth-order valence-electron chi connectivity index (χ4n) is 2.72. The van der Waals surface area contributed by atoms with Gasteiger partial charge in [0.1, 0.15) is 5.76 Å². The highest BCUT2D eigenvalue weighted by Crippen LogP contribution is 2.27. The molecule has 3 heteroatoms. The molecule has 0 saturated heterocycles. The van der Waals surface area contributed by atoms with Gasteiger partial charge in [-0.3, -0.25) is 0 Å². The van der Waals surface area contributed by atoms with Gasteiger partial charge in [-0.1, -0.05) is 12.8 Å². The number of nitriles is 1. The number of nitrogens with zero attached hydrogens (tertiary/aromatic N) is 1.